The first-order valence-corrected chi connectivity index (χ1v) is 4.79. The molecule has 0 bridgehead atoms. The van der Waals surface area contributed by atoms with Crippen LogP contribution < -0.4 is 5.43 Å². The lowest BCUT2D eigenvalue weighted by Gasteiger charge is -1.99. The van der Waals surface area contributed by atoms with Gasteiger partial charge in [0.05, 0.1) is 17.1 Å². The Morgan fingerprint density at radius 2 is 2.31 bits per heavy atom. The lowest BCUT2D eigenvalue weighted by Crippen LogP contribution is -2.04. The molecule has 0 saturated heterocycles. The van der Waals surface area contributed by atoms with Crippen molar-refractivity contribution in [2.24, 2.45) is 0 Å². The monoisotopic (exact) mass is 236 g/mol. The molecule has 0 amide bonds. The largest absolute Gasteiger partial charge is 0.350 e. The predicted molar refractivity (Wildman–Crippen MR) is 60.2 cm³/mol. The molecule has 0 spiro atoms. The third-order valence-corrected chi connectivity index (χ3v) is 2.05. The molecule has 5 heteroatoms. The molecule has 1 aromatic carbocycles. The molecular formula is C11H8ClFN3+. The van der Waals surface area contributed by atoms with Gasteiger partial charge in [0.1, 0.15) is 12.4 Å². The fourth-order valence-corrected chi connectivity index (χ4v) is 1.21. The van der Waals surface area contributed by atoms with E-state index in [9.17, 15) is 4.39 Å². The molecule has 1 aromatic rings. The van der Waals surface area contributed by atoms with Crippen molar-refractivity contribution in [3.63, 3.8) is 0 Å². The Kier molecular flexibility index (Phi) is 4.85. The maximum atomic E-state index is 13.2. The van der Waals surface area contributed by atoms with Crippen LogP contribution in [0.1, 0.15) is 5.56 Å². The van der Waals surface area contributed by atoms with Crippen molar-refractivity contribution in [1.82, 2.24) is 5.43 Å². The van der Waals surface area contributed by atoms with Crippen molar-refractivity contribution in [3.8, 4) is 12.1 Å². The van der Waals surface area contributed by atoms with Crippen LogP contribution in [-0.2, 0) is 6.54 Å². The van der Waals surface area contributed by atoms with Gasteiger partial charge in [-0.1, -0.05) is 23.1 Å². The van der Waals surface area contributed by atoms with E-state index in [-0.39, 0.29) is 12.4 Å². The summed E-state index contributed by atoms with van der Waals surface area (Å²) in [6.45, 7) is 0.166. The number of nitrogens with zero attached hydrogens (tertiary/aromatic N) is 2. The summed E-state index contributed by atoms with van der Waals surface area (Å²) in [7, 11) is 0. The number of benzene rings is 1. The number of nitriles is 1. The predicted octanol–water partition coefficient (Wildman–Crippen LogP) is 2.90. The highest BCUT2D eigenvalue weighted by Crippen LogP contribution is 2.18. The van der Waals surface area contributed by atoms with Gasteiger partial charge in [0.2, 0.25) is 0 Å². The summed E-state index contributed by atoms with van der Waals surface area (Å²) in [5.41, 5.74) is 2.92. The summed E-state index contributed by atoms with van der Waals surface area (Å²) >= 11 is 5.79. The number of rotatable bonds is 2. The lowest BCUT2D eigenvalue weighted by molar-refractivity contribution is 0.604. The van der Waals surface area contributed by atoms with Crippen molar-refractivity contribution in [2.45, 2.75) is 6.54 Å². The zero-order chi connectivity index (χ0) is 11.8. The second-order valence-corrected chi connectivity index (χ2v) is 3.15. The van der Waals surface area contributed by atoms with Crippen molar-refractivity contribution in [3.05, 3.63) is 51.7 Å². The standard InChI is InChI=1S/C11H8ClFN3/c12-10-4-3-5-11(13)9(10)8-16-15-7-2-1-6-14/h1-5,16H,8H2/q+1/b2-1-. The normalized spacial score (nSPS) is 9.31. The SMILES string of the molecule is N#C/C=C\C#[N+]NCc1c(F)cccc1Cl. The van der Waals surface area contributed by atoms with E-state index in [0.29, 0.717) is 10.6 Å². The van der Waals surface area contributed by atoms with E-state index in [4.69, 9.17) is 16.9 Å². The highest BCUT2D eigenvalue weighted by molar-refractivity contribution is 6.31. The first-order valence-electron chi connectivity index (χ1n) is 4.41. The van der Waals surface area contributed by atoms with Crippen LogP contribution in [0.4, 0.5) is 4.39 Å². The summed E-state index contributed by atoms with van der Waals surface area (Å²) in [4.78, 5) is 3.62. The zero-order valence-electron chi connectivity index (χ0n) is 8.24. The average molecular weight is 237 g/mol. The van der Waals surface area contributed by atoms with Gasteiger partial charge in [-0.3, -0.25) is 0 Å². The van der Waals surface area contributed by atoms with E-state index in [2.05, 4.69) is 16.4 Å². The van der Waals surface area contributed by atoms with Crippen LogP contribution in [0.3, 0.4) is 0 Å². The molecular weight excluding hydrogens is 229 g/mol. The Balaban J connectivity index is 2.58. The average Bonchev–Trinajstić information content (AvgIpc) is 2.26. The first kappa shape index (κ1) is 12.0. The van der Waals surface area contributed by atoms with Gasteiger partial charge in [-0.2, -0.15) is 5.26 Å². The summed E-state index contributed by atoms with van der Waals surface area (Å²) in [6, 6.07) is 8.68. The van der Waals surface area contributed by atoms with Crippen LogP contribution in [0, 0.1) is 23.2 Å². The van der Waals surface area contributed by atoms with Gasteiger partial charge < -0.3 is 0 Å². The molecule has 1 N–H and O–H groups in total. The van der Waals surface area contributed by atoms with Crippen molar-refractivity contribution in [2.75, 3.05) is 0 Å². The topological polar surface area (TPSA) is 40.2 Å². The van der Waals surface area contributed by atoms with E-state index in [1.807, 2.05) is 0 Å². The first-order chi connectivity index (χ1) is 7.75. The minimum absolute atomic E-state index is 0.166. The van der Waals surface area contributed by atoms with E-state index in [1.165, 1.54) is 24.3 Å². The summed E-state index contributed by atoms with van der Waals surface area (Å²) in [6.07, 6.45) is 2.57. The van der Waals surface area contributed by atoms with E-state index >= 15 is 0 Å². The summed E-state index contributed by atoms with van der Waals surface area (Å²) in [5.74, 6) is -0.386. The molecule has 16 heavy (non-hydrogen) atoms. The highest BCUT2D eigenvalue weighted by Gasteiger charge is 2.07. The fraction of sp³-hybridized carbons (Fsp3) is 0.0909. The molecule has 0 saturated carbocycles. The molecule has 0 aromatic heterocycles. The second-order valence-electron chi connectivity index (χ2n) is 2.74. The molecule has 1 rings (SSSR count). The van der Waals surface area contributed by atoms with Gasteiger partial charge >= 0.3 is 6.07 Å². The van der Waals surface area contributed by atoms with Crippen LogP contribution in [0.25, 0.3) is 4.95 Å². The van der Waals surface area contributed by atoms with Crippen molar-refractivity contribution in [1.29, 1.82) is 5.26 Å². The number of halogens is 2. The Morgan fingerprint density at radius 1 is 1.50 bits per heavy atom. The Morgan fingerprint density at radius 3 is 3.00 bits per heavy atom. The third-order valence-electron chi connectivity index (χ3n) is 1.69. The van der Waals surface area contributed by atoms with Gasteiger partial charge in [-0.15, -0.1) is 0 Å². The number of hydrogen-bond donors (Lipinski definition) is 1. The molecule has 0 aliphatic rings. The molecule has 3 nitrogen and oxygen atoms in total. The molecule has 0 aliphatic carbocycles. The lowest BCUT2D eigenvalue weighted by atomic mass is 10.2. The number of hydrogen-bond acceptors (Lipinski definition) is 2. The minimum Gasteiger partial charge on any atom is -0.207 e. The molecule has 80 valence electrons. The maximum Gasteiger partial charge on any atom is 0.350 e. The Labute approximate surface area is 97.6 Å². The molecule has 0 fully saturated rings. The van der Waals surface area contributed by atoms with E-state index < -0.39 is 0 Å². The van der Waals surface area contributed by atoms with Crippen LogP contribution in [0.15, 0.2) is 30.4 Å². The van der Waals surface area contributed by atoms with Crippen LogP contribution in [0.2, 0.25) is 5.02 Å². The second kappa shape index (κ2) is 6.44. The number of nitrogens with one attached hydrogen (secondary N) is 1. The summed E-state index contributed by atoms with van der Waals surface area (Å²) in [5, 5.41) is 8.51. The van der Waals surface area contributed by atoms with Crippen molar-refractivity contribution < 1.29 is 4.39 Å². The minimum atomic E-state index is -0.386. The molecule has 0 atom stereocenters. The Bertz CT molecular complexity index is 474. The van der Waals surface area contributed by atoms with Gasteiger partial charge in [0.25, 0.3) is 0 Å². The Hall–Kier alpha value is -2.04. The van der Waals surface area contributed by atoms with Gasteiger partial charge in [-0.25, -0.2) is 4.39 Å². The quantitative estimate of drug-likeness (QED) is 0.634. The van der Waals surface area contributed by atoms with Crippen molar-refractivity contribution >= 4 is 11.6 Å². The number of allylic oxidation sites excluding steroid dienone is 2. The smallest absolute Gasteiger partial charge is 0.207 e. The highest BCUT2D eigenvalue weighted by atomic mass is 35.5. The van der Waals surface area contributed by atoms with Gasteiger partial charge in [0, 0.05) is 16.7 Å². The van der Waals surface area contributed by atoms with E-state index in [1.54, 1.807) is 12.1 Å². The molecule has 0 aliphatic heterocycles. The van der Waals surface area contributed by atoms with Crippen LogP contribution >= 0.6 is 11.6 Å². The van der Waals surface area contributed by atoms with E-state index in [0.717, 1.165) is 0 Å². The maximum absolute atomic E-state index is 13.2. The van der Waals surface area contributed by atoms with Crippen LogP contribution in [-0.4, -0.2) is 0 Å². The fourth-order valence-electron chi connectivity index (χ4n) is 0.977. The molecule has 0 unspecified atom stereocenters. The zero-order valence-corrected chi connectivity index (χ0v) is 9.00. The molecule has 0 heterocycles. The third kappa shape index (κ3) is 3.61. The summed E-state index contributed by atoms with van der Waals surface area (Å²) < 4.78 is 13.2. The van der Waals surface area contributed by atoms with Gasteiger partial charge in [-0.05, 0) is 12.1 Å². The van der Waals surface area contributed by atoms with Crippen LogP contribution in [0.5, 0.6) is 0 Å². The molecule has 0 radical (unpaired) electrons. The van der Waals surface area contributed by atoms with Gasteiger partial charge in [0.15, 0.2) is 0 Å².